The van der Waals surface area contributed by atoms with Gasteiger partial charge in [-0.1, -0.05) is 166 Å². The smallest absolute Gasteiger partial charge is 0.235 e. The number of hydrogen-bond donors (Lipinski definition) is 0. The zero-order valence-corrected chi connectivity index (χ0v) is 35.9. The minimum Gasteiger partial charge on any atom is -0.308 e. The number of benzene rings is 10. The molecular weight excluding hydrogens is 789 g/mol. The Kier molecular flexibility index (Phi) is 7.42. The first-order valence-corrected chi connectivity index (χ1v) is 22.5. The molecule has 0 saturated heterocycles. The van der Waals surface area contributed by atoms with Gasteiger partial charge in [0.05, 0.1) is 39.0 Å². The molecule has 4 heteroatoms. The lowest BCUT2D eigenvalue weighted by atomic mass is 9.69. The summed E-state index contributed by atoms with van der Waals surface area (Å²) in [4.78, 5) is 11.0. The van der Waals surface area contributed by atoms with Gasteiger partial charge in [0, 0.05) is 48.7 Å². The summed E-state index contributed by atoms with van der Waals surface area (Å²) >= 11 is 0. The second-order valence-electron chi connectivity index (χ2n) is 18.2. The van der Waals surface area contributed by atoms with E-state index in [1.165, 1.54) is 87.6 Å². The highest BCUT2D eigenvalue weighted by atomic mass is 15.2. The maximum absolute atomic E-state index is 5.54. The van der Waals surface area contributed by atoms with Crippen LogP contribution in [0.3, 0.4) is 0 Å². The molecule has 0 fully saturated rings. The van der Waals surface area contributed by atoms with E-state index in [0.717, 1.165) is 38.8 Å². The molecule has 3 aromatic heterocycles. The summed E-state index contributed by atoms with van der Waals surface area (Å²) in [5, 5.41) is 10.9. The van der Waals surface area contributed by atoms with Crippen molar-refractivity contribution in [3.63, 3.8) is 0 Å². The van der Waals surface area contributed by atoms with Crippen molar-refractivity contribution in [3.8, 4) is 45.1 Å². The van der Waals surface area contributed by atoms with Crippen LogP contribution in [0.4, 0.5) is 0 Å². The van der Waals surface area contributed by atoms with Gasteiger partial charge < -0.3 is 4.57 Å². The van der Waals surface area contributed by atoms with Crippen LogP contribution >= 0.6 is 0 Å². The van der Waals surface area contributed by atoms with Crippen molar-refractivity contribution in [2.45, 2.75) is 19.3 Å². The summed E-state index contributed by atoms with van der Waals surface area (Å²) in [6.07, 6.45) is 0. The van der Waals surface area contributed by atoms with Gasteiger partial charge in [-0.05, 0) is 98.8 Å². The van der Waals surface area contributed by atoms with E-state index in [2.05, 4.69) is 229 Å². The van der Waals surface area contributed by atoms with Gasteiger partial charge in [0.15, 0.2) is 0 Å². The molecule has 1 aliphatic rings. The number of aromatic nitrogens is 4. The Hall–Kier alpha value is -8.34. The van der Waals surface area contributed by atoms with Crippen LogP contribution in [0.2, 0.25) is 0 Å². The number of para-hydroxylation sites is 2. The molecule has 10 aromatic carbocycles. The molecular formula is C61H40N4. The summed E-state index contributed by atoms with van der Waals surface area (Å²) < 4.78 is 4.75. The summed E-state index contributed by atoms with van der Waals surface area (Å²) in [6.45, 7) is 4.67. The number of rotatable bonds is 4. The minimum absolute atomic E-state index is 0.233. The second-order valence-corrected chi connectivity index (χ2v) is 18.2. The molecule has 0 bridgehead atoms. The van der Waals surface area contributed by atoms with Crippen molar-refractivity contribution in [1.29, 1.82) is 0 Å². The van der Waals surface area contributed by atoms with Crippen molar-refractivity contribution in [1.82, 2.24) is 19.1 Å². The maximum atomic E-state index is 5.54. The third kappa shape index (κ3) is 5.14. The van der Waals surface area contributed by atoms with Crippen LogP contribution in [0.25, 0.3) is 121 Å². The molecule has 0 aliphatic heterocycles. The van der Waals surface area contributed by atoms with Gasteiger partial charge in [0.25, 0.3) is 0 Å². The molecule has 13 aromatic rings. The molecule has 3 heterocycles. The molecule has 0 N–H and O–H groups in total. The lowest BCUT2D eigenvalue weighted by molar-refractivity contribution is 0.644. The van der Waals surface area contributed by atoms with Crippen LogP contribution in [-0.2, 0) is 5.41 Å². The molecule has 0 spiro atoms. The van der Waals surface area contributed by atoms with Gasteiger partial charge >= 0.3 is 0 Å². The first-order chi connectivity index (χ1) is 32.0. The molecule has 1 aliphatic carbocycles. The molecule has 14 rings (SSSR count). The number of fused-ring (bicyclic) bond motifs is 10. The zero-order valence-electron chi connectivity index (χ0n) is 35.9. The predicted molar refractivity (Wildman–Crippen MR) is 272 cm³/mol. The Morgan fingerprint density at radius 2 is 0.908 bits per heavy atom. The molecule has 0 atom stereocenters. The van der Waals surface area contributed by atoms with Gasteiger partial charge in [0.1, 0.15) is 0 Å². The summed E-state index contributed by atoms with van der Waals surface area (Å²) in [5.41, 5.74) is 15.8. The van der Waals surface area contributed by atoms with Crippen LogP contribution in [-0.4, -0.2) is 19.1 Å². The summed E-state index contributed by atoms with van der Waals surface area (Å²) in [5.74, 6) is 0.673. The summed E-state index contributed by atoms with van der Waals surface area (Å²) in [6, 6.07) is 75.4. The fourth-order valence-corrected chi connectivity index (χ4v) is 11.2. The molecule has 304 valence electrons. The maximum Gasteiger partial charge on any atom is 0.235 e. The molecule has 0 unspecified atom stereocenters. The van der Waals surface area contributed by atoms with Crippen LogP contribution in [0, 0.1) is 0 Å². The highest BCUT2D eigenvalue weighted by molar-refractivity contribution is 6.16. The van der Waals surface area contributed by atoms with Gasteiger partial charge in [-0.25, -0.2) is 9.97 Å². The normalized spacial score (nSPS) is 13.2. The van der Waals surface area contributed by atoms with E-state index in [1.54, 1.807) is 0 Å². The molecule has 0 saturated carbocycles. The first-order valence-electron chi connectivity index (χ1n) is 22.5. The van der Waals surface area contributed by atoms with E-state index in [1.807, 2.05) is 0 Å². The van der Waals surface area contributed by atoms with Gasteiger partial charge in [-0.2, -0.15) is 0 Å². The molecule has 4 nitrogen and oxygen atoms in total. The van der Waals surface area contributed by atoms with Crippen molar-refractivity contribution in [3.05, 3.63) is 217 Å². The standard InChI is InChI=1S/C61H40N4/c1-61(2)50-25-13-10-24-47(50)58-57-51(61)35-42(37-16-4-3-5-17-37)36-52(57)62-60(63-58)65-54-27-15-12-23-46(54)49-34-39(29-31-56(49)65)38-28-30-55-48(33-38)45-22-11-14-26-53(45)64(55)59-43-20-8-6-18-40(43)32-41-19-7-9-21-44(41)59/h3-36H,1-2H3. The third-order valence-corrected chi connectivity index (χ3v) is 14.3. The SMILES string of the molecule is CC1(C)c2ccccc2-c2nc(-n3c4ccccc4c4cc(-c5ccc6c(c5)c5ccccc5n6-c5c6ccccc6cc6ccccc56)ccc43)nc3cc(-c4ccccc4)cc1c23. The fraction of sp³-hybridized carbons (Fsp3) is 0.0492. The monoisotopic (exact) mass is 828 g/mol. The van der Waals surface area contributed by atoms with Crippen molar-refractivity contribution < 1.29 is 0 Å². The Bertz CT molecular complexity index is 4100. The van der Waals surface area contributed by atoms with Gasteiger partial charge in [-0.15, -0.1) is 0 Å². The molecule has 65 heavy (non-hydrogen) atoms. The summed E-state index contributed by atoms with van der Waals surface area (Å²) in [7, 11) is 0. The highest BCUT2D eigenvalue weighted by Gasteiger charge is 2.35. The Morgan fingerprint density at radius 1 is 0.369 bits per heavy atom. The van der Waals surface area contributed by atoms with Crippen LogP contribution in [0.15, 0.2) is 206 Å². The van der Waals surface area contributed by atoms with Gasteiger partial charge in [-0.3, -0.25) is 4.57 Å². The zero-order chi connectivity index (χ0) is 43.0. The van der Waals surface area contributed by atoms with Crippen LogP contribution < -0.4 is 0 Å². The number of hydrogen-bond acceptors (Lipinski definition) is 2. The average molecular weight is 829 g/mol. The molecule has 0 amide bonds. The third-order valence-electron chi connectivity index (χ3n) is 14.3. The average Bonchev–Trinajstić information content (AvgIpc) is 3.87. The van der Waals surface area contributed by atoms with E-state index in [4.69, 9.17) is 9.97 Å². The Morgan fingerprint density at radius 3 is 1.58 bits per heavy atom. The Labute approximate surface area is 375 Å². The highest BCUT2D eigenvalue weighted by Crippen LogP contribution is 2.49. The largest absolute Gasteiger partial charge is 0.308 e. The topological polar surface area (TPSA) is 35.6 Å². The second kappa shape index (κ2) is 13.3. The van der Waals surface area contributed by atoms with Crippen molar-refractivity contribution in [2.75, 3.05) is 0 Å². The first kappa shape index (κ1) is 36.2. The van der Waals surface area contributed by atoms with Crippen LogP contribution in [0.5, 0.6) is 0 Å². The lowest BCUT2D eigenvalue weighted by Crippen LogP contribution is -2.24. The van der Waals surface area contributed by atoms with E-state index in [9.17, 15) is 0 Å². The van der Waals surface area contributed by atoms with E-state index >= 15 is 0 Å². The van der Waals surface area contributed by atoms with Gasteiger partial charge in [0.2, 0.25) is 5.95 Å². The van der Waals surface area contributed by atoms with Crippen molar-refractivity contribution in [2.24, 2.45) is 0 Å². The molecule has 0 radical (unpaired) electrons. The van der Waals surface area contributed by atoms with Crippen molar-refractivity contribution >= 4 is 76.1 Å². The van der Waals surface area contributed by atoms with E-state index < -0.39 is 0 Å². The van der Waals surface area contributed by atoms with Crippen LogP contribution in [0.1, 0.15) is 25.0 Å². The lowest BCUT2D eigenvalue weighted by Gasteiger charge is -2.35. The van der Waals surface area contributed by atoms with E-state index in [-0.39, 0.29) is 5.41 Å². The quantitative estimate of drug-likeness (QED) is 0.166. The Balaban J connectivity index is 0.979. The van der Waals surface area contributed by atoms with E-state index in [0.29, 0.717) is 5.95 Å². The number of nitrogens with zero attached hydrogens (tertiary/aromatic N) is 4. The fourth-order valence-electron chi connectivity index (χ4n) is 11.2. The predicted octanol–water partition coefficient (Wildman–Crippen LogP) is 15.8. The minimum atomic E-state index is -0.233.